The summed E-state index contributed by atoms with van der Waals surface area (Å²) in [5.41, 5.74) is 0.652. The molecule has 24 heavy (non-hydrogen) atoms. The predicted molar refractivity (Wildman–Crippen MR) is 84.5 cm³/mol. The highest BCUT2D eigenvalue weighted by Crippen LogP contribution is 2.30. The second-order valence-electron chi connectivity index (χ2n) is 6.11. The van der Waals surface area contributed by atoms with Crippen molar-refractivity contribution in [2.24, 2.45) is 11.8 Å². The van der Waals surface area contributed by atoms with Crippen molar-refractivity contribution in [1.29, 1.82) is 0 Å². The van der Waals surface area contributed by atoms with Crippen LogP contribution in [0.1, 0.15) is 31.2 Å². The number of aromatic hydroxyl groups is 1. The van der Waals surface area contributed by atoms with Crippen LogP contribution in [0.5, 0.6) is 5.75 Å². The molecule has 1 aromatic carbocycles. The molecule has 0 bridgehead atoms. The number of phenols is 1. The minimum Gasteiger partial charge on any atom is -0.508 e. The molecular weight excluding hydrogens is 314 g/mol. The molecule has 0 radical (unpaired) electrons. The van der Waals surface area contributed by atoms with Gasteiger partial charge in [-0.15, -0.1) is 0 Å². The van der Waals surface area contributed by atoms with Gasteiger partial charge in [0, 0.05) is 6.42 Å². The van der Waals surface area contributed by atoms with Gasteiger partial charge in [-0.25, -0.2) is 4.79 Å². The Bertz CT molecular complexity index is 612. The van der Waals surface area contributed by atoms with E-state index in [1.807, 2.05) is 0 Å². The molecule has 7 nitrogen and oxygen atoms in total. The van der Waals surface area contributed by atoms with Crippen LogP contribution in [-0.4, -0.2) is 39.2 Å². The normalized spacial score (nSPS) is 21.7. The van der Waals surface area contributed by atoms with Crippen molar-refractivity contribution < 1.29 is 29.7 Å². The van der Waals surface area contributed by atoms with Crippen LogP contribution >= 0.6 is 0 Å². The van der Waals surface area contributed by atoms with Crippen LogP contribution in [0, 0.1) is 11.8 Å². The Morgan fingerprint density at radius 3 is 2.17 bits per heavy atom. The minimum absolute atomic E-state index is 0.0613. The molecule has 7 heteroatoms. The first-order chi connectivity index (χ1) is 11.4. The maximum absolute atomic E-state index is 12.4. The Kier molecular flexibility index (Phi) is 5.78. The molecule has 0 unspecified atom stereocenters. The summed E-state index contributed by atoms with van der Waals surface area (Å²) in [4.78, 5) is 35.1. The number of carboxylic acids is 2. The van der Waals surface area contributed by atoms with Gasteiger partial charge in [0.2, 0.25) is 5.91 Å². The first-order valence-corrected chi connectivity index (χ1v) is 7.92. The number of amides is 1. The van der Waals surface area contributed by atoms with E-state index in [1.54, 1.807) is 12.1 Å². The third kappa shape index (κ3) is 4.47. The minimum atomic E-state index is -1.18. The van der Waals surface area contributed by atoms with Gasteiger partial charge in [0.05, 0.1) is 11.8 Å². The number of phenolic OH excluding ortho intramolecular Hbond substituents is 1. The first-order valence-electron chi connectivity index (χ1n) is 7.92. The van der Waals surface area contributed by atoms with Crippen LogP contribution in [0.25, 0.3) is 0 Å². The summed E-state index contributed by atoms with van der Waals surface area (Å²) < 4.78 is 0. The van der Waals surface area contributed by atoms with Crippen molar-refractivity contribution in [3.05, 3.63) is 29.8 Å². The van der Waals surface area contributed by atoms with Gasteiger partial charge in [-0.1, -0.05) is 25.0 Å². The molecule has 1 fully saturated rings. The highest BCUT2D eigenvalue weighted by atomic mass is 16.4. The van der Waals surface area contributed by atoms with E-state index in [0.717, 1.165) is 12.8 Å². The van der Waals surface area contributed by atoms with E-state index in [2.05, 4.69) is 5.32 Å². The molecule has 0 spiro atoms. The summed E-state index contributed by atoms with van der Waals surface area (Å²) in [7, 11) is 0. The number of benzene rings is 1. The molecule has 1 amide bonds. The monoisotopic (exact) mass is 335 g/mol. The van der Waals surface area contributed by atoms with Crippen molar-refractivity contribution in [2.45, 2.75) is 38.1 Å². The number of hydrogen-bond donors (Lipinski definition) is 4. The number of carbonyl (C=O) groups is 3. The fourth-order valence-electron chi connectivity index (χ4n) is 3.09. The average Bonchev–Trinajstić information content (AvgIpc) is 2.56. The van der Waals surface area contributed by atoms with Gasteiger partial charge in [-0.05, 0) is 30.5 Å². The van der Waals surface area contributed by atoms with Crippen molar-refractivity contribution in [3.8, 4) is 5.75 Å². The van der Waals surface area contributed by atoms with Crippen molar-refractivity contribution in [2.75, 3.05) is 0 Å². The van der Waals surface area contributed by atoms with Crippen LogP contribution in [0.15, 0.2) is 24.3 Å². The van der Waals surface area contributed by atoms with Crippen molar-refractivity contribution >= 4 is 17.8 Å². The Labute approximate surface area is 139 Å². The van der Waals surface area contributed by atoms with E-state index >= 15 is 0 Å². The Balaban J connectivity index is 2.06. The molecule has 1 aliphatic carbocycles. The molecule has 0 aromatic heterocycles. The van der Waals surface area contributed by atoms with Crippen LogP contribution in [0.4, 0.5) is 0 Å². The Hall–Kier alpha value is -2.57. The standard InChI is InChI=1S/C17H21NO6/c19-11-7-5-10(6-8-11)9-14(17(23)24)18-15(20)12-3-1-2-4-13(12)16(21)22/h5-8,12-14,19H,1-4,9H2,(H,18,20)(H,21,22)(H,23,24)/t12-,13+,14-/m0/s1. The van der Waals surface area contributed by atoms with Gasteiger partial charge >= 0.3 is 11.9 Å². The highest BCUT2D eigenvalue weighted by molar-refractivity contribution is 5.88. The summed E-state index contributed by atoms with van der Waals surface area (Å²) in [5, 5.41) is 30.3. The van der Waals surface area contributed by atoms with E-state index in [-0.39, 0.29) is 12.2 Å². The summed E-state index contributed by atoms with van der Waals surface area (Å²) >= 11 is 0. The zero-order valence-corrected chi connectivity index (χ0v) is 13.1. The first kappa shape index (κ1) is 17.8. The maximum Gasteiger partial charge on any atom is 0.326 e. The smallest absolute Gasteiger partial charge is 0.326 e. The van der Waals surface area contributed by atoms with Crippen LogP contribution in [0.3, 0.4) is 0 Å². The second-order valence-corrected chi connectivity index (χ2v) is 6.11. The van der Waals surface area contributed by atoms with Gasteiger partial charge in [0.1, 0.15) is 11.8 Å². The summed E-state index contributed by atoms with van der Waals surface area (Å²) in [6.07, 6.45) is 2.47. The SMILES string of the molecule is O=C(O)[C@H](Cc1ccc(O)cc1)NC(=O)[C@H]1CCCC[C@H]1C(=O)O. The maximum atomic E-state index is 12.4. The molecule has 1 aliphatic rings. The molecule has 0 aliphatic heterocycles. The molecule has 130 valence electrons. The average molecular weight is 335 g/mol. The number of hydrogen-bond acceptors (Lipinski definition) is 4. The Morgan fingerprint density at radius 2 is 1.62 bits per heavy atom. The number of carbonyl (C=O) groups excluding carboxylic acids is 1. The van der Waals surface area contributed by atoms with E-state index < -0.39 is 35.7 Å². The lowest BCUT2D eigenvalue weighted by Crippen LogP contribution is -2.48. The van der Waals surface area contributed by atoms with E-state index in [0.29, 0.717) is 18.4 Å². The summed E-state index contributed by atoms with van der Waals surface area (Å²) in [6, 6.07) is 4.91. The topological polar surface area (TPSA) is 124 Å². The van der Waals surface area contributed by atoms with Gasteiger partial charge in [-0.3, -0.25) is 9.59 Å². The lowest BCUT2D eigenvalue weighted by molar-refractivity contribution is -0.149. The van der Waals surface area contributed by atoms with Crippen LogP contribution in [-0.2, 0) is 20.8 Å². The molecule has 3 atom stereocenters. The van der Waals surface area contributed by atoms with Crippen LogP contribution in [0.2, 0.25) is 0 Å². The Morgan fingerprint density at radius 1 is 1.04 bits per heavy atom. The van der Waals surface area contributed by atoms with Crippen molar-refractivity contribution in [1.82, 2.24) is 5.32 Å². The number of carboxylic acid groups (broad SMARTS) is 2. The predicted octanol–water partition coefficient (Wildman–Crippen LogP) is 1.40. The van der Waals surface area contributed by atoms with Gasteiger partial charge in [-0.2, -0.15) is 0 Å². The molecule has 4 N–H and O–H groups in total. The fraction of sp³-hybridized carbons (Fsp3) is 0.471. The largest absolute Gasteiger partial charge is 0.508 e. The number of aliphatic carboxylic acids is 2. The lowest BCUT2D eigenvalue weighted by atomic mass is 9.78. The lowest BCUT2D eigenvalue weighted by Gasteiger charge is -2.28. The fourth-order valence-corrected chi connectivity index (χ4v) is 3.09. The molecule has 0 saturated heterocycles. The quantitative estimate of drug-likeness (QED) is 0.623. The van der Waals surface area contributed by atoms with E-state index in [1.165, 1.54) is 12.1 Å². The number of nitrogens with one attached hydrogen (secondary N) is 1. The van der Waals surface area contributed by atoms with Gasteiger partial charge in [0.25, 0.3) is 0 Å². The number of rotatable bonds is 6. The zero-order valence-electron chi connectivity index (χ0n) is 13.1. The van der Waals surface area contributed by atoms with Crippen LogP contribution < -0.4 is 5.32 Å². The molecule has 1 saturated carbocycles. The molecular formula is C17H21NO6. The summed E-state index contributed by atoms with van der Waals surface area (Å²) in [5.74, 6) is -4.10. The van der Waals surface area contributed by atoms with E-state index in [9.17, 15) is 29.7 Å². The van der Waals surface area contributed by atoms with Crippen molar-refractivity contribution in [3.63, 3.8) is 0 Å². The third-order valence-electron chi connectivity index (χ3n) is 4.41. The molecule has 1 aromatic rings. The second kappa shape index (κ2) is 7.81. The third-order valence-corrected chi connectivity index (χ3v) is 4.41. The van der Waals surface area contributed by atoms with Gasteiger partial charge in [0.15, 0.2) is 0 Å². The molecule has 2 rings (SSSR count). The van der Waals surface area contributed by atoms with Gasteiger partial charge < -0.3 is 20.6 Å². The zero-order chi connectivity index (χ0) is 17.7. The highest BCUT2D eigenvalue weighted by Gasteiger charge is 2.37. The van der Waals surface area contributed by atoms with E-state index in [4.69, 9.17) is 0 Å². The molecule has 0 heterocycles. The summed E-state index contributed by atoms with van der Waals surface area (Å²) in [6.45, 7) is 0.